The molecule has 0 saturated carbocycles. The molecule has 6 heteroatoms. The molecule has 6 nitrogen and oxygen atoms in total. The third-order valence-corrected chi connectivity index (χ3v) is 7.24. The van der Waals surface area contributed by atoms with E-state index >= 15 is 0 Å². The number of rotatable bonds is 7. The molecule has 1 fully saturated rings. The lowest BCUT2D eigenvalue weighted by Gasteiger charge is -2.38. The predicted octanol–water partition coefficient (Wildman–Crippen LogP) is 5.11. The van der Waals surface area contributed by atoms with Gasteiger partial charge < -0.3 is 14.5 Å². The van der Waals surface area contributed by atoms with Gasteiger partial charge in [-0.2, -0.15) is 0 Å². The van der Waals surface area contributed by atoms with Crippen molar-refractivity contribution in [3.8, 4) is 17.0 Å². The molecular formula is C28H38N4O2. The van der Waals surface area contributed by atoms with E-state index in [2.05, 4.69) is 49.6 Å². The molecule has 0 spiro atoms. The van der Waals surface area contributed by atoms with E-state index in [4.69, 9.17) is 9.72 Å². The second-order valence-corrected chi connectivity index (χ2v) is 9.61. The minimum Gasteiger partial charge on any atom is -0.496 e. The number of pyridine rings is 1. The summed E-state index contributed by atoms with van der Waals surface area (Å²) in [5, 5.41) is 0. The summed E-state index contributed by atoms with van der Waals surface area (Å²) in [5.41, 5.74) is 5.53. The van der Waals surface area contributed by atoms with Crippen LogP contribution in [-0.4, -0.2) is 53.6 Å². The number of anilines is 1. The number of methoxy groups -OCH3 is 1. The maximum absolute atomic E-state index is 13.2. The molecule has 3 heterocycles. The van der Waals surface area contributed by atoms with Gasteiger partial charge in [-0.1, -0.05) is 27.7 Å². The third kappa shape index (κ3) is 4.69. The Morgan fingerprint density at radius 1 is 1.12 bits per heavy atom. The van der Waals surface area contributed by atoms with Crippen LogP contribution in [0.15, 0.2) is 41.3 Å². The van der Waals surface area contributed by atoms with E-state index in [0.29, 0.717) is 23.3 Å². The zero-order valence-corrected chi connectivity index (χ0v) is 21.5. The second-order valence-electron chi connectivity index (χ2n) is 9.61. The average Bonchev–Trinajstić information content (AvgIpc) is 2.85. The summed E-state index contributed by atoms with van der Waals surface area (Å²) < 4.78 is 7.23. The first-order valence-corrected chi connectivity index (χ1v) is 12.6. The number of hydrogen-bond acceptors (Lipinski definition) is 5. The topological polar surface area (TPSA) is 50.1 Å². The molecule has 1 aromatic carbocycles. The summed E-state index contributed by atoms with van der Waals surface area (Å²) in [6, 6.07) is 10.5. The SMILES string of the molecule is CCN(CC)C1CCN(c2cc(C)c3nc(-c4ccc(OC)c(C(C)C)c4)cc(=O)n3c2)CC1. The van der Waals surface area contributed by atoms with Crippen LogP contribution in [0.1, 0.15) is 57.6 Å². The van der Waals surface area contributed by atoms with Crippen molar-refractivity contribution < 1.29 is 4.74 Å². The van der Waals surface area contributed by atoms with Gasteiger partial charge in [-0.05, 0) is 74.2 Å². The molecule has 0 atom stereocenters. The number of hydrogen-bond donors (Lipinski definition) is 0. The lowest BCUT2D eigenvalue weighted by atomic mass is 9.98. The van der Waals surface area contributed by atoms with Crippen LogP contribution in [0.5, 0.6) is 5.75 Å². The lowest BCUT2D eigenvalue weighted by Crippen LogP contribution is -2.45. The van der Waals surface area contributed by atoms with Gasteiger partial charge in [0, 0.05) is 37.0 Å². The number of piperidine rings is 1. The third-order valence-electron chi connectivity index (χ3n) is 7.24. The van der Waals surface area contributed by atoms with Gasteiger partial charge in [0.15, 0.2) is 0 Å². The molecule has 0 N–H and O–H groups in total. The normalized spacial score (nSPS) is 15.0. The van der Waals surface area contributed by atoms with E-state index in [0.717, 1.165) is 67.1 Å². The molecule has 0 unspecified atom stereocenters. The molecule has 2 aromatic heterocycles. The van der Waals surface area contributed by atoms with E-state index < -0.39 is 0 Å². The van der Waals surface area contributed by atoms with Gasteiger partial charge in [0.1, 0.15) is 11.4 Å². The zero-order chi connectivity index (χ0) is 24.4. The Labute approximate surface area is 203 Å². The molecule has 4 rings (SSSR count). The van der Waals surface area contributed by atoms with Gasteiger partial charge in [0.05, 0.1) is 18.5 Å². The maximum Gasteiger partial charge on any atom is 0.258 e. The second kappa shape index (κ2) is 10.2. The summed E-state index contributed by atoms with van der Waals surface area (Å²) in [4.78, 5) is 23.1. The largest absolute Gasteiger partial charge is 0.496 e. The minimum atomic E-state index is -0.0510. The van der Waals surface area contributed by atoms with Crippen molar-refractivity contribution in [2.75, 3.05) is 38.2 Å². The Hall–Kier alpha value is -2.86. The molecule has 1 aliphatic heterocycles. The molecule has 34 heavy (non-hydrogen) atoms. The lowest BCUT2D eigenvalue weighted by molar-refractivity contribution is 0.186. The van der Waals surface area contributed by atoms with Crippen LogP contribution in [0.2, 0.25) is 0 Å². The molecule has 182 valence electrons. The first-order valence-electron chi connectivity index (χ1n) is 12.6. The molecule has 3 aromatic rings. The van der Waals surface area contributed by atoms with E-state index in [1.165, 1.54) is 0 Å². The monoisotopic (exact) mass is 462 g/mol. The first kappa shape index (κ1) is 24.3. The smallest absolute Gasteiger partial charge is 0.258 e. The summed E-state index contributed by atoms with van der Waals surface area (Å²) in [5.74, 6) is 1.17. The summed E-state index contributed by atoms with van der Waals surface area (Å²) >= 11 is 0. The van der Waals surface area contributed by atoms with Gasteiger partial charge >= 0.3 is 0 Å². The Morgan fingerprint density at radius 2 is 1.82 bits per heavy atom. The average molecular weight is 463 g/mol. The highest BCUT2D eigenvalue weighted by Crippen LogP contribution is 2.31. The van der Waals surface area contributed by atoms with Crippen molar-refractivity contribution in [2.45, 2.75) is 59.4 Å². The molecule has 0 radical (unpaired) electrons. The van der Waals surface area contributed by atoms with Crippen molar-refractivity contribution >= 4 is 11.3 Å². The Balaban J connectivity index is 1.66. The number of aryl methyl sites for hydroxylation is 1. The molecular weight excluding hydrogens is 424 g/mol. The van der Waals surface area contributed by atoms with Gasteiger partial charge in [0.25, 0.3) is 5.56 Å². The van der Waals surface area contributed by atoms with Gasteiger partial charge in [-0.15, -0.1) is 0 Å². The number of ether oxygens (including phenoxy) is 1. The van der Waals surface area contributed by atoms with E-state index in [1.54, 1.807) is 17.6 Å². The van der Waals surface area contributed by atoms with Crippen molar-refractivity contribution in [1.82, 2.24) is 14.3 Å². The fourth-order valence-corrected chi connectivity index (χ4v) is 5.24. The highest BCUT2D eigenvalue weighted by Gasteiger charge is 2.24. The number of aromatic nitrogens is 2. The van der Waals surface area contributed by atoms with Crippen LogP contribution < -0.4 is 15.2 Å². The highest BCUT2D eigenvalue weighted by atomic mass is 16.5. The zero-order valence-electron chi connectivity index (χ0n) is 21.5. The molecule has 1 aliphatic rings. The molecule has 1 saturated heterocycles. The van der Waals surface area contributed by atoms with Gasteiger partial charge in [0.2, 0.25) is 0 Å². The predicted molar refractivity (Wildman–Crippen MR) is 140 cm³/mol. The minimum absolute atomic E-state index is 0.0510. The van der Waals surface area contributed by atoms with Crippen LogP contribution in [0.4, 0.5) is 5.69 Å². The quantitative estimate of drug-likeness (QED) is 0.488. The molecule has 0 aliphatic carbocycles. The van der Waals surface area contributed by atoms with Crippen LogP contribution in [0.3, 0.4) is 0 Å². The summed E-state index contributed by atoms with van der Waals surface area (Å²) in [6.07, 6.45) is 4.27. The summed E-state index contributed by atoms with van der Waals surface area (Å²) in [7, 11) is 1.69. The van der Waals surface area contributed by atoms with Crippen LogP contribution in [-0.2, 0) is 0 Å². The number of fused-ring (bicyclic) bond motifs is 1. The Kier molecular flexibility index (Phi) is 7.27. The van der Waals surface area contributed by atoms with Crippen molar-refractivity contribution in [1.29, 1.82) is 0 Å². The van der Waals surface area contributed by atoms with Crippen molar-refractivity contribution in [2.24, 2.45) is 0 Å². The van der Waals surface area contributed by atoms with Crippen LogP contribution in [0.25, 0.3) is 16.9 Å². The fourth-order valence-electron chi connectivity index (χ4n) is 5.24. The van der Waals surface area contributed by atoms with Gasteiger partial charge in [-0.25, -0.2) is 4.98 Å². The summed E-state index contributed by atoms with van der Waals surface area (Å²) in [6.45, 7) is 15.0. The highest BCUT2D eigenvalue weighted by molar-refractivity contribution is 5.66. The fraction of sp³-hybridized carbons (Fsp3) is 0.500. The maximum atomic E-state index is 13.2. The van der Waals surface area contributed by atoms with E-state index in [-0.39, 0.29) is 5.56 Å². The molecule has 0 amide bonds. The first-order chi connectivity index (χ1) is 16.4. The Morgan fingerprint density at radius 3 is 2.44 bits per heavy atom. The number of benzene rings is 1. The van der Waals surface area contributed by atoms with Crippen LogP contribution >= 0.6 is 0 Å². The van der Waals surface area contributed by atoms with Gasteiger partial charge in [-0.3, -0.25) is 9.20 Å². The molecule has 0 bridgehead atoms. The van der Waals surface area contributed by atoms with Crippen LogP contribution in [0, 0.1) is 6.92 Å². The van der Waals surface area contributed by atoms with E-state index in [9.17, 15) is 4.79 Å². The van der Waals surface area contributed by atoms with Crippen molar-refractivity contribution in [3.05, 3.63) is 58.0 Å². The standard InChI is InChI=1S/C28H38N4O2/c1-7-30(8-2)22-11-13-31(14-12-22)23-15-20(5)28-29-25(17-27(33)32(28)18-23)21-9-10-26(34-6)24(16-21)19(3)4/h9-10,15-19,22H,7-8,11-14H2,1-6H3. The Bertz CT molecular complexity index is 1200. The number of nitrogens with zero attached hydrogens (tertiary/aromatic N) is 4. The van der Waals surface area contributed by atoms with Crippen molar-refractivity contribution in [3.63, 3.8) is 0 Å². The van der Waals surface area contributed by atoms with E-state index in [1.807, 2.05) is 25.3 Å².